The fourth-order valence-corrected chi connectivity index (χ4v) is 1.50. The number of halogens is 1. The van der Waals surface area contributed by atoms with Crippen LogP contribution < -0.4 is 0 Å². The van der Waals surface area contributed by atoms with Gasteiger partial charge in [-0.25, -0.2) is 0 Å². The van der Waals surface area contributed by atoms with Gasteiger partial charge in [-0.05, 0) is 11.6 Å². The summed E-state index contributed by atoms with van der Waals surface area (Å²) in [5.74, 6) is 0. The van der Waals surface area contributed by atoms with Crippen LogP contribution >= 0.6 is 11.6 Å². The van der Waals surface area contributed by atoms with E-state index in [0.717, 1.165) is 6.26 Å². The Balaban J connectivity index is 2.91. The highest BCUT2D eigenvalue weighted by Crippen LogP contribution is 2.25. The molecule has 8 heteroatoms. The zero-order valence-electron chi connectivity index (χ0n) is 8.21. The van der Waals surface area contributed by atoms with Crippen molar-refractivity contribution < 1.29 is 17.5 Å². The van der Waals surface area contributed by atoms with Crippen LogP contribution in [0.4, 0.5) is 5.69 Å². The minimum atomic E-state index is -3.57. The second kappa shape index (κ2) is 4.77. The van der Waals surface area contributed by atoms with E-state index in [1.807, 2.05) is 0 Å². The molecule has 16 heavy (non-hydrogen) atoms. The Morgan fingerprint density at radius 3 is 2.62 bits per heavy atom. The van der Waals surface area contributed by atoms with E-state index in [0.29, 0.717) is 5.56 Å². The first kappa shape index (κ1) is 12.9. The molecule has 0 fully saturated rings. The van der Waals surface area contributed by atoms with E-state index in [1.165, 1.54) is 18.2 Å². The maximum absolute atomic E-state index is 10.7. The van der Waals surface area contributed by atoms with Crippen molar-refractivity contribution in [3.8, 4) is 0 Å². The van der Waals surface area contributed by atoms with Crippen LogP contribution in [0, 0.1) is 10.1 Å². The lowest BCUT2D eigenvalue weighted by Crippen LogP contribution is -2.03. The normalized spacial score (nSPS) is 11.4. The topological polar surface area (TPSA) is 86.5 Å². The summed E-state index contributed by atoms with van der Waals surface area (Å²) in [5.41, 5.74) is 0.0813. The van der Waals surface area contributed by atoms with E-state index < -0.39 is 15.0 Å². The summed E-state index contributed by atoms with van der Waals surface area (Å²) < 4.78 is 25.9. The van der Waals surface area contributed by atoms with Crippen molar-refractivity contribution in [1.82, 2.24) is 0 Å². The van der Waals surface area contributed by atoms with Gasteiger partial charge in [0.15, 0.2) is 0 Å². The minimum absolute atomic E-state index is 0.00638. The Morgan fingerprint density at radius 2 is 2.12 bits per heavy atom. The first-order valence-corrected chi connectivity index (χ1v) is 6.26. The molecule has 1 aromatic carbocycles. The van der Waals surface area contributed by atoms with E-state index in [9.17, 15) is 18.5 Å². The molecule has 0 aliphatic carbocycles. The Labute approximate surface area is 97.1 Å². The fourth-order valence-electron chi connectivity index (χ4n) is 0.963. The predicted molar refractivity (Wildman–Crippen MR) is 57.7 cm³/mol. The van der Waals surface area contributed by atoms with Gasteiger partial charge in [0.1, 0.15) is 5.02 Å². The Kier molecular flexibility index (Phi) is 3.84. The van der Waals surface area contributed by atoms with Gasteiger partial charge in [0.05, 0.1) is 17.8 Å². The summed E-state index contributed by atoms with van der Waals surface area (Å²) >= 11 is 5.58. The van der Waals surface area contributed by atoms with Crippen molar-refractivity contribution in [3.63, 3.8) is 0 Å². The van der Waals surface area contributed by atoms with Crippen LogP contribution in [0.2, 0.25) is 5.02 Å². The van der Waals surface area contributed by atoms with Crippen LogP contribution in [0.1, 0.15) is 5.56 Å². The molecule has 0 radical (unpaired) electrons. The lowest BCUT2D eigenvalue weighted by atomic mass is 10.2. The van der Waals surface area contributed by atoms with Gasteiger partial charge in [-0.3, -0.25) is 14.3 Å². The molecule has 1 aromatic rings. The first-order chi connectivity index (χ1) is 7.29. The quantitative estimate of drug-likeness (QED) is 0.470. The highest BCUT2D eigenvalue weighted by molar-refractivity contribution is 7.85. The summed E-state index contributed by atoms with van der Waals surface area (Å²) in [6.07, 6.45) is 0.900. The average molecular weight is 266 g/mol. The zero-order valence-corrected chi connectivity index (χ0v) is 9.79. The smallest absolute Gasteiger partial charge is 0.265 e. The van der Waals surface area contributed by atoms with Crippen LogP contribution in [-0.2, 0) is 20.9 Å². The SMILES string of the molecule is CS(=O)(=O)OCc1ccc(Cl)c([N+](=O)[O-])c1. The highest BCUT2D eigenvalue weighted by Gasteiger charge is 2.13. The molecule has 0 aromatic heterocycles. The van der Waals surface area contributed by atoms with Gasteiger partial charge in [0.25, 0.3) is 15.8 Å². The number of hydrogen-bond acceptors (Lipinski definition) is 5. The molecule has 88 valence electrons. The number of hydrogen-bond donors (Lipinski definition) is 0. The fraction of sp³-hybridized carbons (Fsp3) is 0.250. The van der Waals surface area contributed by atoms with Crippen LogP contribution in [0.3, 0.4) is 0 Å². The maximum Gasteiger partial charge on any atom is 0.288 e. The summed E-state index contributed by atoms with van der Waals surface area (Å²) in [7, 11) is -3.57. The summed E-state index contributed by atoms with van der Waals surface area (Å²) in [5, 5.41) is 10.5. The second-order valence-electron chi connectivity index (χ2n) is 3.01. The maximum atomic E-state index is 10.7. The molecule has 0 N–H and O–H groups in total. The summed E-state index contributed by atoms with van der Waals surface area (Å²) in [4.78, 5) is 9.89. The molecular formula is C8H8ClNO5S. The largest absolute Gasteiger partial charge is 0.288 e. The van der Waals surface area contributed by atoms with E-state index in [1.54, 1.807) is 0 Å². The molecule has 0 unspecified atom stereocenters. The van der Waals surface area contributed by atoms with Gasteiger partial charge in [0, 0.05) is 6.07 Å². The van der Waals surface area contributed by atoms with Crippen molar-refractivity contribution in [1.29, 1.82) is 0 Å². The molecule has 6 nitrogen and oxygen atoms in total. The van der Waals surface area contributed by atoms with Crippen LogP contribution in [-0.4, -0.2) is 19.6 Å². The number of benzene rings is 1. The standard InChI is InChI=1S/C8H8ClNO5S/c1-16(13,14)15-5-6-2-3-7(9)8(4-6)10(11)12/h2-4H,5H2,1H3. The molecule has 0 aliphatic heterocycles. The molecule has 0 amide bonds. The predicted octanol–water partition coefficient (Wildman–Crippen LogP) is 1.72. The molecule has 0 aliphatic rings. The Bertz CT molecular complexity index is 513. The third-order valence-corrected chi connectivity index (χ3v) is 2.51. The lowest BCUT2D eigenvalue weighted by Gasteiger charge is -2.02. The average Bonchev–Trinajstić information content (AvgIpc) is 2.14. The molecule has 1 rings (SSSR count). The Morgan fingerprint density at radius 1 is 1.50 bits per heavy atom. The first-order valence-electron chi connectivity index (χ1n) is 4.07. The monoisotopic (exact) mass is 265 g/mol. The number of nitro benzene ring substituents is 1. The van der Waals surface area contributed by atoms with Crippen LogP contribution in [0.15, 0.2) is 18.2 Å². The van der Waals surface area contributed by atoms with E-state index in [-0.39, 0.29) is 17.3 Å². The van der Waals surface area contributed by atoms with Gasteiger partial charge in [0.2, 0.25) is 0 Å². The third-order valence-electron chi connectivity index (χ3n) is 1.65. The minimum Gasteiger partial charge on any atom is -0.265 e. The Hall–Kier alpha value is -1.18. The van der Waals surface area contributed by atoms with Gasteiger partial charge < -0.3 is 0 Å². The number of nitro groups is 1. The molecule has 0 saturated heterocycles. The van der Waals surface area contributed by atoms with Gasteiger partial charge in [-0.2, -0.15) is 8.42 Å². The van der Waals surface area contributed by atoms with Gasteiger partial charge in [-0.15, -0.1) is 0 Å². The van der Waals surface area contributed by atoms with Crippen molar-refractivity contribution >= 4 is 27.4 Å². The van der Waals surface area contributed by atoms with Crippen molar-refractivity contribution in [3.05, 3.63) is 38.9 Å². The summed E-state index contributed by atoms with van der Waals surface area (Å²) in [6.45, 7) is -0.253. The van der Waals surface area contributed by atoms with E-state index in [4.69, 9.17) is 11.6 Å². The molecule has 0 bridgehead atoms. The van der Waals surface area contributed by atoms with Crippen LogP contribution in [0.25, 0.3) is 0 Å². The molecule has 0 spiro atoms. The molecule has 0 atom stereocenters. The lowest BCUT2D eigenvalue weighted by molar-refractivity contribution is -0.384. The van der Waals surface area contributed by atoms with Gasteiger partial charge in [-0.1, -0.05) is 17.7 Å². The zero-order chi connectivity index (χ0) is 12.3. The number of nitrogens with zero attached hydrogens (tertiary/aromatic N) is 1. The molecule has 0 saturated carbocycles. The van der Waals surface area contributed by atoms with Gasteiger partial charge >= 0.3 is 0 Å². The molecular weight excluding hydrogens is 258 g/mol. The van der Waals surface area contributed by atoms with E-state index in [2.05, 4.69) is 4.18 Å². The van der Waals surface area contributed by atoms with Crippen molar-refractivity contribution in [2.24, 2.45) is 0 Å². The molecule has 0 heterocycles. The highest BCUT2D eigenvalue weighted by atomic mass is 35.5. The number of rotatable bonds is 4. The van der Waals surface area contributed by atoms with Crippen LogP contribution in [0.5, 0.6) is 0 Å². The third kappa shape index (κ3) is 3.76. The second-order valence-corrected chi connectivity index (χ2v) is 5.06. The van der Waals surface area contributed by atoms with Crippen molar-refractivity contribution in [2.45, 2.75) is 6.61 Å². The summed E-state index contributed by atoms with van der Waals surface area (Å²) in [6, 6.07) is 3.95. The van der Waals surface area contributed by atoms with E-state index >= 15 is 0 Å². The van der Waals surface area contributed by atoms with Crippen molar-refractivity contribution in [2.75, 3.05) is 6.26 Å².